The largest absolute Gasteiger partial charge is 0.355 e. The van der Waals surface area contributed by atoms with E-state index in [1.807, 2.05) is 43.0 Å². The topological polar surface area (TPSA) is 60.0 Å². The van der Waals surface area contributed by atoms with Crippen molar-refractivity contribution in [2.75, 3.05) is 39.8 Å². The fraction of sp³-hybridized carbons (Fsp3) is 0.652. The molecule has 1 saturated heterocycles. The number of carbonyl (C=O) groups is 1. The normalized spacial score (nSPS) is 17.8. The van der Waals surface area contributed by atoms with E-state index in [0.717, 1.165) is 49.3 Å². The van der Waals surface area contributed by atoms with E-state index < -0.39 is 0 Å². The maximum atomic E-state index is 12.4. The third kappa shape index (κ3) is 7.03. The Morgan fingerprint density at radius 3 is 2.48 bits per heavy atom. The van der Waals surface area contributed by atoms with Crippen molar-refractivity contribution in [3.05, 3.63) is 35.4 Å². The number of aliphatic imine (C=N–C) groups is 1. The number of guanidine groups is 1. The molecule has 0 radical (unpaired) electrons. The van der Waals surface area contributed by atoms with E-state index in [4.69, 9.17) is 0 Å². The summed E-state index contributed by atoms with van der Waals surface area (Å²) in [5.41, 5.74) is 1.87. The molecule has 29 heavy (non-hydrogen) atoms. The zero-order valence-corrected chi connectivity index (χ0v) is 18.7. The van der Waals surface area contributed by atoms with Crippen LogP contribution in [0.25, 0.3) is 0 Å². The van der Waals surface area contributed by atoms with Gasteiger partial charge >= 0.3 is 0 Å². The summed E-state index contributed by atoms with van der Waals surface area (Å²) in [4.78, 5) is 21.2. The SMILES string of the molecule is CCC1CCCCN1CCNC(=NC)NCc1ccc(C(=O)N(CC)CC)cc1. The van der Waals surface area contributed by atoms with Crippen LogP contribution in [0, 0.1) is 0 Å². The first-order chi connectivity index (χ1) is 14.1. The van der Waals surface area contributed by atoms with Gasteiger partial charge in [0.05, 0.1) is 0 Å². The number of nitrogens with zero attached hydrogens (tertiary/aromatic N) is 3. The Kier molecular flexibility index (Phi) is 9.98. The summed E-state index contributed by atoms with van der Waals surface area (Å²) >= 11 is 0. The van der Waals surface area contributed by atoms with E-state index in [9.17, 15) is 4.79 Å². The van der Waals surface area contributed by atoms with Crippen LogP contribution in [-0.2, 0) is 6.54 Å². The van der Waals surface area contributed by atoms with Crippen molar-refractivity contribution in [3.8, 4) is 0 Å². The van der Waals surface area contributed by atoms with Crippen LogP contribution in [0.4, 0.5) is 0 Å². The molecule has 1 aliphatic rings. The molecule has 0 bridgehead atoms. The Bertz CT molecular complexity index is 639. The molecule has 1 atom stereocenters. The molecular formula is C23H39N5O. The second kappa shape index (κ2) is 12.5. The van der Waals surface area contributed by atoms with Gasteiger partial charge in [-0.25, -0.2) is 0 Å². The van der Waals surface area contributed by atoms with E-state index in [1.54, 1.807) is 7.05 Å². The first kappa shape index (κ1) is 23.2. The predicted octanol–water partition coefficient (Wildman–Crippen LogP) is 3.10. The highest BCUT2D eigenvalue weighted by atomic mass is 16.2. The summed E-state index contributed by atoms with van der Waals surface area (Å²) in [6.45, 7) is 11.6. The highest BCUT2D eigenvalue weighted by Gasteiger charge is 2.20. The number of amides is 1. The molecule has 6 heteroatoms. The van der Waals surface area contributed by atoms with Crippen LogP contribution < -0.4 is 10.6 Å². The molecule has 1 aliphatic heterocycles. The number of benzene rings is 1. The minimum atomic E-state index is 0.0927. The molecule has 0 spiro atoms. The van der Waals surface area contributed by atoms with Crippen molar-refractivity contribution < 1.29 is 4.79 Å². The van der Waals surface area contributed by atoms with Crippen molar-refractivity contribution in [1.29, 1.82) is 0 Å². The molecule has 1 amide bonds. The fourth-order valence-corrected chi connectivity index (χ4v) is 4.00. The van der Waals surface area contributed by atoms with E-state index in [2.05, 4.69) is 27.4 Å². The molecule has 2 rings (SSSR count). The Morgan fingerprint density at radius 1 is 1.14 bits per heavy atom. The van der Waals surface area contributed by atoms with Crippen molar-refractivity contribution in [3.63, 3.8) is 0 Å². The minimum Gasteiger partial charge on any atom is -0.355 e. The quantitative estimate of drug-likeness (QED) is 0.493. The molecule has 0 aromatic heterocycles. The molecule has 1 aromatic carbocycles. The number of hydrogen-bond acceptors (Lipinski definition) is 3. The van der Waals surface area contributed by atoms with Crippen LogP contribution in [0.2, 0.25) is 0 Å². The zero-order valence-electron chi connectivity index (χ0n) is 18.7. The maximum absolute atomic E-state index is 12.4. The van der Waals surface area contributed by atoms with Crippen molar-refractivity contribution in [1.82, 2.24) is 20.4 Å². The molecule has 0 saturated carbocycles. The molecule has 2 N–H and O–H groups in total. The fourth-order valence-electron chi connectivity index (χ4n) is 4.00. The van der Waals surface area contributed by atoms with Crippen LogP contribution in [-0.4, -0.2) is 67.5 Å². The second-order valence-electron chi connectivity index (χ2n) is 7.62. The van der Waals surface area contributed by atoms with Gasteiger partial charge in [0, 0.05) is 51.4 Å². The van der Waals surface area contributed by atoms with E-state index >= 15 is 0 Å². The third-order valence-electron chi connectivity index (χ3n) is 5.85. The summed E-state index contributed by atoms with van der Waals surface area (Å²) in [5, 5.41) is 6.80. The molecule has 162 valence electrons. The molecule has 1 unspecified atom stereocenters. The lowest BCUT2D eigenvalue weighted by Crippen LogP contribution is -2.45. The summed E-state index contributed by atoms with van der Waals surface area (Å²) in [6.07, 6.45) is 5.25. The van der Waals surface area contributed by atoms with Crippen LogP contribution >= 0.6 is 0 Å². The molecular weight excluding hydrogens is 362 g/mol. The van der Waals surface area contributed by atoms with Gasteiger partial charge in [0.1, 0.15) is 0 Å². The van der Waals surface area contributed by atoms with Gasteiger partial charge in [0.15, 0.2) is 5.96 Å². The average molecular weight is 402 g/mol. The average Bonchev–Trinajstić information content (AvgIpc) is 2.77. The summed E-state index contributed by atoms with van der Waals surface area (Å²) < 4.78 is 0. The first-order valence-corrected chi connectivity index (χ1v) is 11.2. The number of carbonyl (C=O) groups excluding carboxylic acids is 1. The van der Waals surface area contributed by atoms with Crippen LogP contribution in [0.5, 0.6) is 0 Å². The lowest BCUT2D eigenvalue weighted by Gasteiger charge is -2.35. The van der Waals surface area contributed by atoms with Gasteiger partial charge in [0.25, 0.3) is 5.91 Å². The lowest BCUT2D eigenvalue weighted by atomic mass is 10.0. The van der Waals surface area contributed by atoms with E-state index in [-0.39, 0.29) is 5.91 Å². The number of piperidine rings is 1. The second-order valence-corrected chi connectivity index (χ2v) is 7.62. The molecule has 6 nitrogen and oxygen atoms in total. The molecule has 1 heterocycles. The van der Waals surface area contributed by atoms with E-state index in [1.165, 1.54) is 32.2 Å². The Labute approximate surface area is 176 Å². The first-order valence-electron chi connectivity index (χ1n) is 11.2. The Morgan fingerprint density at radius 2 is 1.86 bits per heavy atom. The van der Waals surface area contributed by atoms with Crippen molar-refractivity contribution in [2.45, 2.75) is 59.0 Å². The van der Waals surface area contributed by atoms with Gasteiger partial charge in [-0.15, -0.1) is 0 Å². The number of rotatable bonds is 9. The molecule has 1 aromatic rings. The maximum Gasteiger partial charge on any atom is 0.253 e. The monoisotopic (exact) mass is 401 g/mol. The smallest absolute Gasteiger partial charge is 0.253 e. The highest BCUT2D eigenvalue weighted by molar-refractivity contribution is 5.94. The zero-order chi connectivity index (χ0) is 21.1. The van der Waals surface area contributed by atoms with Crippen LogP contribution in [0.15, 0.2) is 29.3 Å². The molecule has 1 fully saturated rings. The van der Waals surface area contributed by atoms with Crippen LogP contribution in [0.1, 0.15) is 62.4 Å². The van der Waals surface area contributed by atoms with Gasteiger partial charge in [-0.1, -0.05) is 25.5 Å². The summed E-state index contributed by atoms with van der Waals surface area (Å²) in [5.74, 6) is 0.911. The highest BCUT2D eigenvalue weighted by Crippen LogP contribution is 2.18. The van der Waals surface area contributed by atoms with Gasteiger partial charge in [0.2, 0.25) is 0 Å². The lowest BCUT2D eigenvalue weighted by molar-refractivity contribution is 0.0773. The predicted molar refractivity (Wildman–Crippen MR) is 121 cm³/mol. The van der Waals surface area contributed by atoms with E-state index in [0.29, 0.717) is 6.54 Å². The van der Waals surface area contributed by atoms with Crippen LogP contribution in [0.3, 0.4) is 0 Å². The number of likely N-dealkylation sites (tertiary alicyclic amines) is 1. The summed E-state index contributed by atoms with van der Waals surface area (Å²) in [7, 11) is 1.80. The molecule has 0 aliphatic carbocycles. The minimum absolute atomic E-state index is 0.0927. The Hall–Kier alpha value is -2.08. The van der Waals surface area contributed by atoms with Crippen molar-refractivity contribution >= 4 is 11.9 Å². The number of nitrogens with one attached hydrogen (secondary N) is 2. The number of hydrogen-bond donors (Lipinski definition) is 2. The van der Waals surface area contributed by atoms with Crippen molar-refractivity contribution in [2.24, 2.45) is 4.99 Å². The third-order valence-corrected chi connectivity index (χ3v) is 5.85. The van der Waals surface area contributed by atoms with Gasteiger partial charge in [-0.05, 0) is 57.4 Å². The van der Waals surface area contributed by atoms with Gasteiger partial charge in [-0.2, -0.15) is 0 Å². The summed E-state index contributed by atoms with van der Waals surface area (Å²) in [6, 6.07) is 8.58. The standard InChI is InChI=1S/C23H39N5O/c1-5-21-10-8-9-16-28(21)17-15-25-23(24-4)26-18-19-11-13-20(14-12-19)22(29)27(6-2)7-3/h11-14,21H,5-10,15-18H2,1-4H3,(H2,24,25,26). The van der Waals surface area contributed by atoms with Gasteiger partial charge < -0.3 is 15.5 Å². The Balaban J connectivity index is 1.78. The van der Waals surface area contributed by atoms with Gasteiger partial charge in [-0.3, -0.25) is 14.7 Å².